The number of hydrogen-bond acceptors (Lipinski definition) is 5. The van der Waals surface area contributed by atoms with Gasteiger partial charge in [0.2, 0.25) is 0 Å². The molecule has 0 aliphatic rings. The molecule has 6 nitrogen and oxygen atoms in total. The first-order valence-electron chi connectivity index (χ1n) is 11.1. The number of ether oxygens (including phenoxy) is 1. The van der Waals surface area contributed by atoms with Crippen molar-refractivity contribution in [3.05, 3.63) is 101 Å². The molecule has 0 radical (unpaired) electrons. The van der Waals surface area contributed by atoms with E-state index in [0.29, 0.717) is 27.3 Å². The molecule has 176 valence electrons. The van der Waals surface area contributed by atoms with E-state index in [1.54, 1.807) is 6.07 Å². The van der Waals surface area contributed by atoms with Crippen LogP contribution < -0.4 is 4.74 Å². The van der Waals surface area contributed by atoms with Crippen LogP contribution in [0.4, 0.5) is 0 Å². The van der Waals surface area contributed by atoms with Crippen LogP contribution >= 0.6 is 23.4 Å². The standard InChI is InChI=1S/C27H23ClN4O2S/c1-18(34-25-15-9-7-13-22(25)28)26-29-30-27(32(26)19-10-4-3-5-11-19)35-17-24(33)21-16-31(2)23-14-8-6-12-20(21)23/h3-16,18H,17H2,1-2H3. The van der Waals surface area contributed by atoms with Crippen molar-refractivity contribution in [3.63, 3.8) is 0 Å². The van der Waals surface area contributed by atoms with Gasteiger partial charge in [-0.25, -0.2) is 0 Å². The van der Waals surface area contributed by atoms with E-state index in [1.165, 1.54) is 11.8 Å². The molecule has 0 saturated heterocycles. The molecule has 0 N–H and O–H groups in total. The number of hydrogen-bond donors (Lipinski definition) is 0. The fourth-order valence-electron chi connectivity index (χ4n) is 4.01. The van der Waals surface area contributed by atoms with Gasteiger partial charge in [0, 0.05) is 35.4 Å². The van der Waals surface area contributed by atoms with Crippen LogP contribution in [0, 0.1) is 0 Å². The Morgan fingerprint density at radius 1 is 1.00 bits per heavy atom. The number of aryl methyl sites for hydroxylation is 1. The molecule has 8 heteroatoms. The summed E-state index contributed by atoms with van der Waals surface area (Å²) < 4.78 is 10.0. The Balaban J connectivity index is 1.43. The van der Waals surface area contributed by atoms with Gasteiger partial charge in [-0.1, -0.05) is 71.9 Å². The van der Waals surface area contributed by atoms with Gasteiger partial charge in [0.1, 0.15) is 5.75 Å². The van der Waals surface area contributed by atoms with Crippen molar-refractivity contribution in [3.8, 4) is 11.4 Å². The Kier molecular flexibility index (Phi) is 6.61. The Bertz CT molecular complexity index is 1500. The van der Waals surface area contributed by atoms with Gasteiger partial charge in [-0.3, -0.25) is 9.36 Å². The largest absolute Gasteiger partial charge is 0.481 e. The lowest BCUT2D eigenvalue weighted by molar-refractivity contribution is 0.102. The minimum Gasteiger partial charge on any atom is -0.481 e. The lowest BCUT2D eigenvalue weighted by Crippen LogP contribution is -2.12. The van der Waals surface area contributed by atoms with Gasteiger partial charge in [0.15, 0.2) is 22.9 Å². The number of carbonyl (C=O) groups is 1. The van der Waals surface area contributed by atoms with Crippen LogP contribution in [-0.4, -0.2) is 30.9 Å². The van der Waals surface area contributed by atoms with Crippen LogP contribution in [0.1, 0.15) is 29.2 Å². The normalized spacial score (nSPS) is 12.1. The van der Waals surface area contributed by atoms with Gasteiger partial charge in [0.05, 0.1) is 10.8 Å². The molecule has 35 heavy (non-hydrogen) atoms. The minimum atomic E-state index is -0.425. The van der Waals surface area contributed by atoms with E-state index in [0.717, 1.165) is 16.6 Å². The van der Waals surface area contributed by atoms with Crippen LogP contribution in [0.5, 0.6) is 5.75 Å². The Morgan fingerprint density at radius 3 is 2.51 bits per heavy atom. The third-order valence-corrected chi connectivity index (χ3v) is 6.95. The molecule has 0 bridgehead atoms. The highest BCUT2D eigenvalue weighted by atomic mass is 35.5. The summed E-state index contributed by atoms with van der Waals surface area (Å²) >= 11 is 7.65. The topological polar surface area (TPSA) is 61.9 Å². The fraction of sp³-hybridized carbons (Fsp3) is 0.148. The molecule has 1 unspecified atom stereocenters. The molecule has 0 spiro atoms. The molecule has 0 amide bonds. The van der Waals surface area contributed by atoms with Crippen molar-refractivity contribution in [2.45, 2.75) is 18.2 Å². The smallest absolute Gasteiger partial charge is 0.196 e. The van der Waals surface area contributed by atoms with Crippen molar-refractivity contribution in [1.29, 1.82) is 0 Å². The zero-order chi connectivity index (χ0) is 24.4. The number of benzene rings is 3. The number of thioether (sulfide) groups is 1. The summed E-state index contributed by atoms with van der Waals surface area (Å²) in [6.45, 7) is 1.91. The summed E-state index contributed by atoms with van der Waals surface area (Å²) in [5.41, 5.74) is 2.63. The molecular weight excluding hydrogens is 480 g/mol. The second kappa shape index (κ2) is 9.98. The number of para-hydroxylation sites is 3. The van der Waals surface area contributed by atoms with Gasteiger partial charge in [-0.2, -0.15) is 0 Å². The molecular formula is C27H23ClN4O2S. The average molecular weight is 503 g/mol. The molecule has 1 atom stereocenters. The zero-order valence-electron chi connectivity index (χ0n) is 19.3. The number of carbonyl (C=O) groups excluding carboxylic acids is 1. The number of halogens is 1. The summed E-state index contributed by atoms with van der Waals surface area (Å²) in [4.78, 5) is 13.2. The van der Waals surface area contributed by atoms with Gasteiger partial charge in [0.25, 0.3) is 0 Å². The van der Waals surface area contributed by atoms with Gasteiger partial charge in [-0.15, -0.1) is 10.2 Å². The molecule has 0 aliphatic carbocycles. The lowest BCUT2D eigenvalue weighted by atomic mass is 10.1. The van der Waals surface area contributed by atoms with E-state index in [-0.39, 0.29) is 11.5 Å². The van der Waals surface area contributed by atoms with Crippen LogP contribution in [0.15, 0.2) is 90.2 Å². The maximum absolute atomic E-state index is 13.2. The molecule has 0 aliphatic heterocycles. The highest BCUT2D eigenvalue weighted by Crippen LogP contribution is 2.31. The molecule has 5 aromatic rings. The molecule has 5 rings (SSSR count). The van der Waals surface area contributed by atoms with E-state index >= 15 is 0 Å². The summed E-state index contributed by atoms with van der Waals surface area (Å²) in [5.74, 6) is 1.47. The van der Waals surface area contributed by atoms with Gasteiger partial charge in [-0.05, 0) is 37.3 Å². The number of rotatable bonds is 8. The van der Waals surface area contributed by atoms with Crippen molar-refractivity contribution in [1.82, 2.24) is 19.3 Å². The van der Waals surface area contributed by atoms with Gasteiger partial charge >= 0.3 is 0 Å². The summed E-state index contributed by atoms with van der Waals surface area (Å²) in [6.07, 6.45) is 1.46. The van der Waals surface area contributed by atoms with E-state index in [1.807, 2.05) is 102 Å². The second-order valence-corrected chi connectivity index (χ2v) is 9.43. The predicted octanol–water partition coefficient (Wildman–Crippen LogP) is 6.53. The van der Waals surface area contributed by atoms with Gasteiger partial charge < -0.3 is 9.30 Å². The maximum atomic E-state index is 13.2. The zero-order valence-corrected chi connectivity index (χ0v) is 20.8. The fourth-order valence-corrected chi connectivity index (χ4v) is 5.04. The first-order valence-corrected chi connectivity index (χ1v) is 12.5. The van der Waals surface area contributed by atoms with Crippen molar-refractivity contribution in [2.75, 3.05) is 5.75 Å². The molecule has 3 aromatic carbocycles. The first-order chi connectivity index (χ1) is 17.0. The summed E-state index contributed by atoms with van der Waals surface area (Å²) in [7, 11) is 1.95. The third kappa shape index (κ3) is 4.70. The van der Waals surface area contributed by atoms with Crippen LogP contribution in [0.3, 0.4) is 0 Å². The van der Waals surface area contributed by atoms with Crippen LogP contribution in [-0.2, 0) is 7.05 Å². The Labute approximate surface area is 212 Å². The van der Waals surface area contributed by atoms with E-state index < -0.39 is 6.10 Å². The number of Topliss-reactive ketones (excluding diaryl/α,β-unsaturated/α-hetero) is 1. The second-order valence-electron chi connectivity index (χ2n) is 8.08. The monoisotopic (exact) mass is 502 g/mol. The van der Waals surface area contributed by atoms with Crippen molar-refractivity contribution >= 4 is 40.0 Å². The number of ketones is 1. The lowest BCUT2D eigenvalue weighted by Gasteiger charge is -2.17. The number of nitrogens with zero attached hydrogens (tertiary/aromatic N) is 4. The quantitative estimate of drug-likeness (QED) is 0.178. The summed E-state index contributed by atoms with van der Waals surface area (Å²) in [5, 5.41) is 10.9. The Morgan fingerprint density at radius 2 is 1.71 bits per heavy atom. The van der Waals surface area contributed by atoms with Crippen molar-refractivity contribution < 1.29 is 9.53 Å². The minimum absolute atomic E-state index is 0.0383. The molecule has 2 heterocycles. The van der Waals surface area contributed by atoms with E-state index in [4.69, 9.17) is 16.3 Å². The maximum Gasteiger partial charge on any atom is 0.196 e. The predicted molar refractivity (Wildman–Crippen MR) is 140 cm³/mol. The number of fused-ring (bicyclic) bond motifs is 1. The Hall–Kier alpha value is -3.55. The van der Waals surface area contributed by atoms with E-state index in [2.05, 4.69) is 10.2 Å². The van der Waals surface area contributed by atoms with Crippen LogP contribution in [0.2, 0.25) is 5.02 Å². The number of aromatic nitrogens is 4. The van der Waals surface area contributed by atoms with Crippen LogP contribution in [0.25, 0.3) is 16.6 Å². The third-order valence-electron chi connectivity index (χ3n) is 5.71. The highest BCUT2D eigenvalue weighted by Gasteiger charge is 2.23. The summed E-state index contributed by atoms with van der Waals surface area (Å²) in [6, 6.07) is 25.1. The molecule has 0 fully saturated rings. The average Bonchev–Trinajstić information content (AvgIpc) is 3.46. The van der Waals surface area contributed by atoms with E-state index in [9.17, 15) is 4.79 Å². The van der Waals surface area contributed by atoms with Crippen molar-refractivity contribution in [2.24, 2.45) is 7.05 Å². The first kappa shape index (κ1) is 23.2. The SMILES string of the molecule is CC(Oc1ccccc1Cl)c1nnc(SCC(=O)c2cn(C)c3ccccc23)n1-c1ccccc1. The molecule has 2 aromatic heterocycles. The molecule has 0 saturated carbocycles. The highest BCUT2D eigenvalue weighted by molar-refractivity contribution is 7.99.